The first-order chi connectivity index (χ1) is 6.72. The van der Waals surface area contributed by atoms with E-state index >= 15 is 0 Å². The van der Waals surface area contributed by atoms with Gasteiger partial charge in [0, 0.05) is 11.5 Å². The van der Waals surface area contributed by atoms with Crippen LogP contribution in [0, 0.1) is 12.9 Å². The van der Waals surface area contributed by atoms with Gasteiger partial charge in [0.2, 0.25) is 5.95 Å². The number of hydrogen-bond acceptors (Lipinski definition) is 1. The smallest absolute Gasteiger partial charge is 0.214 e. The van der Waals surface area contributed by atoms with Crippen LogP contribution < -0.4 is 0 Å². The summed E-state index contributed by atoms with van der Waals surface area (Å²) in [5.41, 5.74) is 2.48. The van der Waals surface area contributed by atoms with Crippen LogP contribution in [0.1, 0.15) is 11.1 Å². The molecule has 0 atom stereocenters. The maximum Gasteiger partial charge on any atom is 0.214 e. The lowest BCUT2D eigenvalue weighted by atomic mass is 10.1. The topological polar surface area (TPSA) is 12.9 Å². The Morgan fingerprint density at radius 1 is 1.43 bits per heavy atom. The number of aromatic nitrogens is 1. The summed E-state index contributed by atoms with van der Waals surface area (Å²) in [7, 11) is 0. The second-order valence-corrected chi connectivity index (χ2v) is 3.21. The summed E-state index contributed by atoms with van der Waals surface area (Å²) in [6.45, 7) is 5.58. The van der Waals surface area contributed by atoms with E-state index in [1.165, 1.54) is 6.07 Å². The molecule has 0 aliphatic rings. The van der Waals surface area contributed by atoms with Gasteiger partial charge >= 0.3 is 0 Å². The van der Waals surface area contributed by atoms with E-state index in [-0.39, 0.29) is 0 Å². The fraction of sp³-hybridized carbons (Fsp3) is 0.0833. The number of benzene rings is 1. The standard InChI is InChI=1S/C12H10FN/c1-3-9-7-11(13)14-12-8(2)5-4-6-10(9)12/h3-7H,1H2,2H3. The van der Waals surface area contributed by atoms with Gasteiger partial charge in [0.25, 0.3) is 0 Å². The molecule has 0 unspecified atom stereocenters. The fourth-order valence-corrected chi connectivity index (χ4v) is 1.55. The van der Waals surface area contributed by atoms with E-state index in [4.69, 9.17) is 0 Å². The molecule has 0 bridgehead atoms. The van der Waals surface area contributed by atoms with Crippen LogP contribution in [0.15, 0.2) is 30.8 Å². The first-order valence-electron chi connectivity index (χ1n) is 4.40. The van der Waals surface area contributed by atoms with Crippen LogP contribution in [0.2, 0.25) is 0 Å². The van der Waals surface area contributed by atoms with Gasteiger partial charge in [-0.05, 0) is 18.1 Å². The average molecular weight is 187 g/mol. The minimum absolute atomic E-state index is 0.457. The molecule has 0 fully saturated rings. The third-order valence-corrected chi connectivity index (χ3v) is 2.26. The molecule has 0 radical (unpaired) electrons. The average Bonchev–Trinajstić information content (AvgIpc) is 2.18. The summed E-state index contributed by atoms with van der Waals surface area (Å²) >= 11 is 0. The second kappa shape index (κ2) is 3.22. The van der Waals surface area contributed by atoms with Crippen molar-refractivity contribution in [3.05, 3.63) is 47.9 Å². The van der Waals surface area contributed by atoms with Gasteiger partial charge in [-0.25, -0.2) is 4.98 Å². The van der Waals surface area contributed by atoms with Gasteiger partial charge in [-0.2, -0.15) is 4.39 Å². The molecule has 1 nitrogen and oxygen atoms in total. The molecule has 0 aliphatic carbocycles. The van der Waals surface area contributed by atoms with Crippen molar-refractivity contribution in [2.24, 2.45) is 0 Å². The summed E-state index contributed by atoms with van der Waals surface area (Å²) in [5, 5.41) is 0.946. The molecule has 0 saturated carbocycles. The van der Waals surface area contributed by atoms with E-state index in [0.717, 1.165) is 16.5 Å². The molecular formula is C12H10FN. The van der Waals surface area contributed by atoms with E-state index in [9.17, 15) is 4.39 Å². The largest absolute Gasteiger partial charge is 0.219 e. The van der Waals surface area contributed by atoms with E-state index in [1.54, 1.807) is 6.08 Å². The van der Waals surface area contributed by atoms with Crippen LogP contribution in [-0.2, 0) is 0 Å². The number of pyridine rings is 1. The number of fused-ring (bicyclic) bond motifs is 1. The molecular weight excluding hydrogens is 177 g/mol. The molecule has 2 aromatic rings. The second-order valence-electron chi connectivity index (χ2n) is 3.21. The molecule has 2 rings (SSSR count). The maximum absolute atomic E-state index is 13.1. The van der Waals surface area contributed by atoms with Crippen molar-refractivity contribution in [1.29, 1.82) is 0 Å². The summed E-state index contributed by atoms with van der Waals surface area (Å²) in [4.78, 5) is 3.87. The van der Waals surface area contributed by atoms with Crippen LogP contribution in [0.4, 0.5) is 4.39 Å². The SMILES string of the molecule is C=Cc1cc(F)nc2c(C)cccc12. The van der Waals surface area contributed by atoms with Gasteiger partial charge < -0.3 is 0 Å². The number of aryl methyl sites for hydroxylation is 1. The van der Waals surface area contributed by atoms with Crippen molar-refractivity contribution in [2.45, 2.75) is 6.92 Å². The minimum Gasteiger partial charge on any atom is -0.219 e. The van der Waals surface area contributed by atoms with E-state index in [0.29, 0.717) is 5.52 Å². The van der Waals surface area contributed by atoms with Crippen molar-refractivity contribution in [2.75, 3.05) is 0 Å². The highest BCUT2D eigenvalue weighted by molar-refractivity contribution is 5.89. The molecule has 0 aliphatic heterocycles. The number of para-hydroxylation sites is 1. The first kappa shape index (κ1) is 8.88. The fourth-order valence-electron chi connectivity index (χ4n) is 1.55. The monoisotopic (exact) mass is 187 g/mol. The predicted molar refractivity (Wildman–Crippen MR) is 56.5 cm³/mol. The zero-order valence-electron chi connectivity index (χ0n) is 7.92. The Bertz CT molecular complexity index is 503. The van der Waals surface area contributed by atoms with Gasteiger partial charge in [0.15, 0.2) is 0 Å². The number of nitrogens with zero attached hydrogens (tertiary/aromatic N) is 1. The molecule has 1 aromatic carbocycles. The maximum atomic E-state index is 13.1. The lowest BCUT2D eigenvalue weighted by Crippen LogP contribution is -1.90. The lowest BCUT2D eigenvalue weighted by Gasteiger charge is -2.04. The Morgan fingerprint density at radius 3 is 2.93 bits per heavy atom. The van der Waals surface area contributed by atoms with Crippen molar-refractivity contribution in [1.82, 2.24) is 4.98 Å². The quantitative estimate of drug-likeness (QED) is 0.624. The molecule has 0 saturated heterocycles. The van der Waals surface area contributed by atoms with Gasteiger partial charge in [0.1, 0.15) is 0 Å². The van der Waals surface area contributed by atoms with Crippen molar-refractivity contribution in [3.63, 3.8) is 0 Å². The molecule has 0 amide bonds. The van der Waals surface area contributed by atoms with Crippen LogP contribution in [0.5, 0.6) is 0 Å². The van der Waals surface area contributed by atoms with E-state index in [1.807, 2.05) is 25.1 Å². The summed E-state index contributed by atoms with van der Waals surface area (Å²) < 4.78 is 13.1. The van der Waals surface area contributed by atoms with Crippen LogP contribution >= 0.6 is 0 Å². The highest BCUT2D eigenvalue weighted by Crippen LogP contribution is 2.21. The van der Waals surface area contributed by atoms with E-state index < -0.39 is 5.95 Å². The van der Waals surface area contributed by atoms with Crippen molar-refractivity contribution >= 4 is 17.0 Å². The molecule has 1 aromatic heterocycles. The zero-order chi connectivity index (χ0) is 10.1. The summed E-state index contributed by atoms with van der Waals surface area (Å²) in [5.74, 6) is -0.457. The Kier molecular flexibility index (Phi) is 2.04. The third-order valence-electron chi connectivity index (χ3n) is 2.26. The summed E-state index contributed by atoms with van der Waals surface area (Å²) in [6.07, 6.45) is 1.65. The number of halogens is 1. The van der Waals surface area contributed by atoms with Crippen LogP contribution in [-0.4, -0.2) is 4.98 Å². The molecule has 2 heteroatoms. The summed E-state index contributed by atoms with van der Waals surface area (Å²) in [6, 6.07) is 7.17. The Morgan fingerprint density at radius 2 is 2.21 bits per heavy atom. The Labute approximate surface area is 81.9 Å². The highest BCUT2D eigenvalue weighted by Gasteiger charge is 2.04. The molecule has 70 valence electrons. The number of hydrogen-bond donors (Lipinski definition) is 0. The predicted octanol–water partition coefficient (Wildman–Crippen LogP) is 3.33. The molecule has 0 N–H and O–H groups in total. The Balaban J connectivity index is 2.94. The van der Waals surface area contributed by atoms with Gasteiger partial charge in [0.05, 0.1) is 5.52 Å². The van der Waals surface area contributed by atoms with Crippen LogP contribution in [0.3, 0.4) is 0 Å². The molecule has 1 heterocycles. The van der Waals surface area contributed by atoms with Gasteiger partial charge in [-0.3, -0.25) is 0 Å². The highest BCUT2D eigenvalue weighted by atomic mass is 19.1. The third kappa shape index (κ3) is 1.29. The Hall–Kier alpha value is -1.70. The van der Waals surface area contributed by atoms with Crippen molar-refractivity contribution in [3.8, 4) is 0 Å². The van der Waals surface area contributed by atoms with Crippen molar-refractivity contribution < 1.29 is 4.39 Å². The molecule has 0 spiro atoms. The normalized spacial score (nSPS) is 10.4. The van der Waals surface area contributed by atoms with E-state index in [2.05, 4.69) is 11.6 Å². The zero-order valence-corrected chi connectivity index (χ0v) is 7.92. The number of rotatable bonds is 1. The molecule has 14 heavy (non-hydrogen) atoms. The van der Waals surface area contributed by atoms with Gasteiger partial charge in [-0.15, -0.1) is 0 Å². The first-order valence-corrected chi connectivity index (χ1v) is 4.40. The lowest BCUT2D eigenvalue weighted by molar-refractivity contribution is 0.588. The van der Waals surface area contributed by atoms with Crippen LogP contribution in [0.25, 0.3) is 17.0 Å². The van der Waals surface area contributed by atoms with Gasteiger partial charge in [-0.1, -0.05) is 30.9 Å². The minimum atomic E-state index is -0.457.